The SMILES string of the molecule is O=C1CCC(N2Cc3cccc(CNC45CNCC(C4)C5)c3C2=O)C(=O)N1. The van der Waals surface area contributed by atoms with Crippen LogP contribution in [0.4, 0.5) is 0 Å². The van der Waals surface area contributed by atoms with E-state index in [1.54, 1.807) is 4.90 Å². The lowest BCUT2D eigenvalue weighted by Gasteiger charge is -2.53. The van der Waals surface area contributed by atoms with E-state index >= 15 is 0 Å². The Kier molecular flexibility index (Phi) is 3.84. The lowest BCUT2D eigenvalue weighted by molar-refractivity contribution is -0.136. The highest BCUT2D eigenvalue weighted by Gasteiger charge is 2.47. The van der Waals surface area contributed by atoms with E-state index in [1.807, 2.05) is 18.2 Å². The van der Waals surface area contributed by atoms with Crippen LogP contribution in [0.2, 0.25) is 0 Å². The van der Waals surface area contributed by atoms with E-state index in [-0.39, 0.29) is 29.7 Å². The average Bonchev–Trinajstić information content (AvgIpc) is 2.97. The predicted octanol–water partition coefficient (Wildman–Crippen LogP) is 0.289. The summed E-state index contributed by atoms with van der Waals surface area (Å²) in [6.07, 6.45) is 3.08. The number of benzene rings is 1. The van der Waals surface area contributed by atoms with E-state index < -0.39 is 6.04 Å². The highest BCUT2D eigenvalue weighted by atomic mass is 16.2. The molecule has 4 aliphatic heterocycles. The minimum atomic E-state index is -0.558. The first-order chi connectivity index (χ1) is 13.0. The van der Waals surface area contributed by atoms with Gasteiger partial charge in [-0.05, 0) is 42.9 Å². The molecule has 1 atom stereocenters. The maximum Gasteiger partial charge on any atom is 0.255 e. The van der Waals surface area contributed by atoms with Crippen molar-refractivity contribution in [3.63, 3.8) is 0 Å². The molecule has 6 rings (SSSR count). The molecule has 4 fully saturated rings. The van der Waals surface area contributed by atoms with Gasteiger partial charge in [0.05, 0.1) is 0 Å². The third-order valence-electron chi connectivity index (χ3n) is 6.55. The quantitative estimate of drug-likeness (QED) is 0.665. The summed E-state index contributed by atoms with van der Waals surface area (Å²) < 4.78 is 0. The molecule has 1 aromatic carbocycles. The van der Waals surface area contributed by atoms with E-state index in [1.165, 1.54) is 12.8 Å². The summed E-state index contributed by atoms with van der Waals surface area (Å²) in [6.45, 7) is 3.19. The van der Waals surface area contributed by atoms with Crippen LogP contribution in [0.1, 0.15) is 47.2 Å². The van der Waals surface area contributed by atoms with Gasteiger partial charge in [-0.25, -0.2) is 0 Å². The number of hydrogen-bond acceptors (Lipinski definition) is 5. The van der Waals surface area contributed by atoms with Crippen LogP contribution >= 0.6 is 0 Å². The first-order valence-corrected chi connectivity index (χ1v) is 9.76. The van der Waals surface area contributed by atoms with Crippen molar-refractivity contribution >= 4 is 17.7 Å². The molecule has 142 valence electrons. The van der Waals surface area contributed by atoms with Crippen LogP contribution in [-0.2, 0) is 22.7 Å². The second-order valence-electron chi connectivity index (χ2n) is 8.39. The normalized spacial score (nSPS) is 32.1. The number of hydrogen-bond donors (Lipinski definition) is 3. The standard InChI is InChI=1S/C20H24N4O3/c25-16-5-4-15(18(26)23-16)24-10-14-3-1-2-13(17(14)19(24)27)9-22-20-6-12(7-20)8-21-11-20/h1-3,12,15,21-22H,4-11H2,(H,23,25,26). The third-order valence-corrected chi connectivity index (χ3v) is 6.55. The Hall–Kier alpha value is -2.25. The molecule has 27 heavy (non-hydrogen) atoms. The van der Waals surface area contributed by atoms with Gasteiger partial charge < -0.3 is 15.5 Å². The Morgan fingerprint density at radius 1 is 1.22 bits per heavy atom. The molecule has 5 aliphatic rings. The second-order valence-corrected chi connectivity index (χ2v) is 8.39. The zero-order valence-corrected chi connectivity index (χ0v) is 15.2. The molecule has 0 spiro atoms. The Labute approximate surface area is 157 Å². The van der Waals surface area contributed by atoms with Gasteiger partial charge in [0.1, 0.15) is 6.04 Å². The molecule has 0 radical (unpaired) electrons. The number of rotatable bonds is 4. The van der Waals surface area contributed by atoms with Gasteiger partial charge in [-0.3, -0.25) is 19.7 Å². The summed E-state index contributed by atoms with van der Waals surface area (Å²) in [4.78, 5) is 38.3. The first-order valence-electron chi connectivity index (χ1n) is 9.76. The molecule has 3 amide bonds. The summed E-state index contributed by atoms with van der Waals surface area (Å²) in [6, 6.07) is 5.39. The van der Waals surface area contributed by atoms with Gasteiger partial charge in [-0.2, -0.15) is 0 Å². The van der Waals surface area contributed by atoms with Crippen LogP contribution in [-0.4, -0.2) is 47.3 Å². The molecular weight excluding hydrogens is 344 g/mol. The molecule has 7 heteroatoms. The number of nitrogens with zero attached hydrogens (tertiary/aromatic N) is 1. The molecule has 7 nitrogen and oxygen atoms in total. The maximum atomic E-state index is 13.1. The summed E-state index contributed by atoms with van der Waals surface area (Å²) >= 11 is 0. The first kappa shape index (κ1) is 16.9. The molecule has 1 aromatic rings. The van der Waals surface area contributed by atoms with E-state index in [9.17, 15) is 14.4 Å². The fourth-order valence-corrected chi connectivity index (χ4v) is 5.18. The minimum Gasteiger partial charge on any atom is -0.322 e. The molecule has 3 N–H and O–H groups in total. The number of carbonyl (C=O) groups is 3. The van der Waals surface area contributed by atoms with Crippen LogP contribution in [0.15, 0.2) is 18.2 Å². The third kappa shape index (κ3) is 2.76. The van der Waals surface area contributed by atoms with Gasteiger partial charge in [0.25, 0.3) is 5.91 Å². The predicted molar refractivity (Wildman–Crippen MR) is 97.7 cm³/mol. The summed E-state index contributed by atoms with van der Waals surface area (Å²) in [7, 11) is 0. The van der Waals surface area contributed by atoms with Crippen molar-refractivity contribution in [2.75, 3.05) is 13.1 Å². The second kappa shape index (κ2) is 6.14. The van der Waals surface area contributed by atoms with Crippen LogP contribution in [0, 0.1) is 5.92 Å². The smallest absolute Gasteiger partial charge is 0.255 e. The number of imide groups is 1. The van der Waals surface area contributed by atoms with Gasteiger partial charge in [-0.15, -0.1) is 0 Å². The topological polar surface area (TPSA) is 90.5 Å². The van der Waals surface area contributed by atoms with Crippen LogP contribution in [0.5, 0.6) is 0 Å². The van der Waals surface area contributed by atoms with Crippen LogP contribution in [0.25, 0.3) is 0 Å². The number of amides is 3. The molecule has 0 aromatic heterocycles. The lowest BCUT2D eigenvalue weighted by Crippen LogP contribution is -2.66. The monoisotopic (exact) mass is 368 g/mol. The molecule has 2 bridgehead atoms. The van der Waals surface area contributed by atoms with Gasteiger partial charge in [0.15, 0.2) is 0 Å². The van der Waals surface area contributed by atoms with Crippen LogP contribution in [0.3, 0.4) is 0 Å². The molecular formula is C20H24N4O3. The van der Waals surface area contributed by atoms with Gasteiger partial charge in [-0.1, -0.05) is 18.2 Å². The van der Waals surface area contributed by atoms with Crippen molar-refractivity contribution in [3.8, 4) is 0 Å². The number of nitrogens with one attached hydrogen (secondary N) is 3. The fraction of sp³-hybridized carbons (Fsp3) is 0.550. The Bertz CT molecular complexity index is 825. The highest BCUT2D eigenvalue weighted by molar-refractivity contribution is 6.05. The largest absolute Gasteiger partial charge is 0.322 e. The van der Waals surface area contributed by atoms with Crippen molar-refractivity contribution in [1.29, 1.82) is 0 Å². The van der Waals surface area contributed by atoms with Crippen molar-refractivity contribution in [2.45, 2.75) is 50.4 Å². The fourth-order valence-electron chi connectivity index (χ4n) is 5.18. The van der Waals surface area contributed by atoms with E-state index in [4.69, 9.17) is 0 Å². The maximum absolute atomic E-state index is 13.1. The summed E-state index contributed by atoms with van der Waals surface area (Å²) in [5.74, 6) is 0.0595. The van der Waals surface area contributed by atoms with Crippen molar-refractivity contribution < 1.29 is 14.4 Å². The Balaban J connectivity index is 1.34. The highest BCUT2D eigenvalue weighted by Crippen LogP contribution is 2.40. The zero-order valence-electron chi connectivity index (χ0n) is 15.2. The van der Waals surface area contributed by atoms with E-state index in [2.05, 4.69) is 16.0 Å². The number of fused-ring (bicyclic) bond motifs is 3. The van der Waals surface area contributed by atoms with Crippen molar-refractivity contribution in [2.24, 2.45) is 5.92 Å². The Morgan fingerprint density at radius 3 is 2.81 bits per heavy atom. The molecule has 4 heterocycles. The van der Waals surface area contributed by atoms with E-state index in [0.717, 1.165) is 35.7 Å². The lowest BCUT2D eigenvalue weighted by atomic mass is 9.65. The van der Waals surface area contributed by atoms with E-state index in [0.29, 0.717) is 19.5 Å². The number of carbonyl (C=O) groups excluding carboxylic acids is 3. The summed E-state index contributed by atoms with van der Waals surface area (Å²) in [5.41, 5.74) is 2.85. The average molecular weight is 368 g/mol. The minimum absolute atomic E-state index is 0.0948. The van der Waals surface area contributed by atoms with Crippen molar-refractivity contribution in [1.82, 2.24) is 20.9 Å². The number of piperidine rings is 3. The molecule has 1 aliphatic carbocycles. The molecule has 1 saturated carbocycles. The molecule has 1 unspecified atom stereocenters. The summed E-state index contributed by atoms with van der Waals surface area (Å²) in [5, 5.41) is 9.51. The zero-order chi connectivity index (χ0) is 18.6. The van der Waals surface area contributed by atoms with Crippen molar-refractivity contribution in [3.05, 3.63) is 34.9 Å². The van der Waals surface area contributed by atoms with Crippen LogP contribution < -0.4 is 16.0 Å². The molecule has 3 saturated heterocycles. The Morgan fingerprint density at radius 2 is 2.07 bits per heavy atom. The van der Waals surface area contributed by atoms with Gasteiger partial charge in [0, 0.05) is 37.2 Å². The van der Waals surface area contributed by atoms with Gasteiger partial charge in [0.2, 0.25) is 11.8 Å². The van der Waals surface area contributed by atoms with Gasteiger partial charge >= 0.3 is 0 Å².